The minimum atomic E-state index is -4.00. The molecule has 0 bridgehead atoms. The lowest BCUT2D eigenvalue weighted by molar-refractivity contribution is 0.0949. The van der Waals surface area contributed by atoms with Crippen LogP contribution in [0.3, 0.4) is 0 Å². The second-order valence-electron chi connectivity index (χ2n) is 5.21. The summed E-state index contributed by atoms with van der Waals surface area (Å²) in [5.41, 5.74) is 0.298. The summed E-state index contributed by atoms with van der Waals surface area (Å²) in [4.78, 5) is 16.0. The van der Waals surface area contributed by atoms with Gasteiger partial charge in [-0.2, -0.15) is 0 Å². The molecule has 2 heterocycles. The lowest BCUT2D eigenvalue weighted by atomic mass is 10.1. The third-order valence-electron chi connectivity index (χ3n) is 3.43. The van der Waals surface area contributed by atoms with Crippen LogP contribution in [-0.2, 0) is 16.6 Å². The van der Waals surface area contributed by atoms with Gasteiger partial charge in [-0.25, -0.2) is 13.4 Å². The zero-order valence-corrected chi connectivity index (χ0v) is 14.9. The van der Waals surface area contributed by atoms with Crippen molar-refractivity contribution in [1.29, 1.82) is 0 Å². The first-order chi connectivity index (χ1) is 12.5. The van der Waals surface area contributed by atoms with Crippen molar-refractivity contribution in [2.24, 2.45) is 0 Å². The van der Waals surface area contributed by atoms with Crippen LogP contribution >= 0.6 is 11.6 Å². The number of para-hydroxylation sites is 1. The fourth-order valence-corrected chi connectivity index (χ4v) is 3.75. The molecular formula is C17H14ClN3O4S. The summed E-state index contributed by atoms with van der Waals surface area (Å²) in [6.45, 7) is 0.182. The van der Waals surface area contributed by atoms with Gasteiger partial charge in [0.15, 0.2) is 0 Å². The number of carbonyl (C=O) groups is 1. The summed E-state index contributed by atoms with van der Waals surface area (Å²) in [6.07, 6.45) is 2.89. The lowest BCUT2D eigenvalue weighted by Gasteiger charge is -2.13. The van der Waals surface area contributed by atoms with E-state index in [0.717, 1.165) is 0 Å². The minimum absolute atomic E-state index is 0.129. The molecule has 0 spiro atoms. The predicted molar refractivity (Wildman–Crippen MR) is 96.4 cm³/mol. The standard InChI is InChI=1S/C17H14ClN3O4S/c18-16-15(8-3-9-19-16)26(23,24)21-14-7-2-1-6-13(14)17(22)20-11-12-5-4-10-25-12/h1-10,21H,11H2,(H,20,22). The van der Waals surface area contributed by atoms with E-state index in [9.17, 15) is 13.2 Å². The summed E-state index contributed by atoms with van der Waals surface area (Å²) in [7, 11) is -4.00. The van der Waals surface area contributed by atoms with Gasteiger partial charge in [-0.05, 0) is 36.4 Å². The van der Waals surface area contributed by atoms with Crippen LogP contribution in [0.5, 0.6) is 0 Å². The van der Waals surface area contributed by atoms with Crippen LogP contribution < -0.4 is 10.0 Å². The molecule has 0 saturated heterocycles. The maximum absolute atomic E-state index is 12.6. The van der Waals surface area contributed by atoms with Crippen molar-refractivity contribution in [1.82, 2.24) is 10.3 Å². The highest BCUT2D eigenvalue weighted by Crippen LogP contribution is 2.23. The highest BCUT2D eigenvalue weighted by molar-refractivity contribution is 7.92. The van der Waals surface area contributed by atoms with Crippen LogP contribution in [0.2, 0.25) is 5.15 Å². The molecule has 0 aliphatic carbocycles. The van der Waals surface area contributed by atoms with Crippen molar-refractivity contribution < 1.29 is 17.6 Å². The van der Waals surface area contributed by atoms with Gasteiger partial charge in [-0.1, -0.05) is 23.7 Å². The Morgan fingerprint density at radius 1 is 1.12 bits per heavy atom. The SMILES string of the molecule is O=C(NCc1ccco1)c1ccccc1NS(=O)(=O)c1cccnc1Cl. The fourth-order valence-electron chi connectivity index (χ4n) is 2.22. The van der Waals surface area contributed by atoms with Gasteiger partial charge in [0.2, 0.25) is 0 Å². The molecule has 0 aliphatic rings. The molecule has 134 valence electrons. The number of nitrogens with zero attached hydrogens (tertiary/aromatic N) is 1. The van der Waals surface area contributed by atoms with Gasteiger partial charge >= 0.3 is 0 Å². The first kappa shape index (κ1) is 18.0. The topological polar surface area (TPSA) is 101 Å². The Bertz CT molecular complexity index is 1020. The third-order valence-corrected chi connectivity index (χ3v) is 5.24. The third kappa shape index (κ3) is 4.04. The number of hydrogen-bond acceptors (Lipinski definition) is 5. The number of carbonyl (C=O) groups excluding carboxylic acids is 1. The molecule has 3 aromatic rings. The maximum Gasteiger partial charge on any atom is 0.264 e. The molecule has 2 N–H and O–H groups in total. The van der Waals surface area contributed by atoms with Crippen molar-refractivity contribution in [2.45, 2.75) is 11.4 Å². The van der Waals surface area contributed by atoms with Crippen LogP contribution in [0.25, 0.3) is 0 Å². The monoisotopic (exact) mass is 391 g/mol. The van der Waals surface area contributed by atoms with E-state index in [-0.39, 0.29) is 27.8 Å². The van der Waals surface area contributed by atoms with Crippen molar-refractivity contribution in [2.75, 3.05) is 4.72 Å². The first-order valence-electron chi connectivity index (χ1n) is 7.50. The Kier molecular flexibility index (Phi) is 5.24. The molecule has 0 unspecified atom stereocenters. The highest BCUT2D eigenvalue weighted by atomic mass is 35.5. The van der Waals surface area contributed by atoms with E-state index in [0.29, 0.717) is 5.76 Å². The number of hydrogen-bond donors (Lipinski definition) is 2. The summed E-state index contributed by atoms with van der Waals surface area (Å²) in [6, 6.07) is 12.5. The van der Waals surface area contributed by atoms with Gasteiger partial charge in [0.25, 0.3) is 15.9 Å². The van der Waals surface area contributed by atoms with Crippen LogP contribution in [-0.4, -0.2) is 19.3 Å². The average molecular weight is 392 g/mol. The fraction of sp³-hybridized carbons (Fsp3) is 0.0588. The molecule has 0 aliphatic heterocycles. The second-order valence-corrected chi connectivity index (χ2v) is 7.21. The van der Waals surface area contributed by atoms with Gasteiger partial charge in [0.1, 0.15) is 15.8 Å². The first-order valence-corrected chi connectivity index (χ1v) is 9.36. The van der Waals surface area contributed by atoms with E-state index >= 15 is 0 Å². The van der Waals surface area contributed by atoms with Gasteiger partial charge in [0.05, 0.1) is 24.1 Å². The summed E-state index contributed by atoms with van der Waals surface area (Å²) in [5, 5.41) is 2.52. The number of amides is 1. The maximum atomic E-state index is 12.6. The van der Waals surface area contributed by atoms with E-state index in [2.05, 4.69) is 15.0 Å². The Morgan fingerprint density at radius 2 is 1.92 bits per heavy atom. The molecule has 0 radical (unpaired) electrons. The number of nitrogens with one attached hydrogen (secondary N) is 2. The number of benzene rings is 1. The normalized spacial score (nSPS) is 11.1. The van der Waals surface area contributed by atoms with Gasteiger partial charge in [-0.15, -0.1) is 0 Å². The summed E-state index contributed by atoms with van der Waals surface area (Å²) in [5.74, 6) is 0.135. The molecule has 1 amide bonds. The number of aromatic nitrogens is 1. The Labute approximate surface area is 155 Å². The van der Waals surface area contributed by atoms with Crippen molar-refractivity contribution in [3.05, 3.63) is 77.5 Å². The van der Waals surface area contributed by atoms with E-state index in [4.69, 9.17) is 16.0 Å². The zero-order chi connectivity index (χ0) is 18.6. The van der Waals surface area contributed by atoms with Gasteiger partial charge in [-0.3, -0.25) is 9.52 Å². The molecule has 0 atom stereocenters. The molecule has 2 aromatic heterocycles. The Hall–Kier alpha value is -2.84. The lowest BCUT2D eigenvalue weighted by Crippen LogP contribution is -2.24. The zero-order valence-electron chi connectivity index (χ0n) is 13.3. The summed E-state index contributed by atoms with van der Waals surface area (Å²) < 4.78 is 32.7. The Morgan fingerprint density at radius 3 is 2.65 bits per heavy atom. The van der Waals surface area contributed by atoms with Gasteiger partial charge < -0.3 is 9.73 Å². The number of pyridine rings is 1. The molecule has 7 nitrogen and oxygen atoms in total. The molecule has 3 rings (SSSR count). The molecular weight excluding hydrogens is 378 g/mol. The molecule has 1 aromatic carbocycles. The van der Waals surface area contributed by atoms with Crippen molar-refractivity contribution in [3.63, 3.8) is 0 Å². The number of halogens is 1. The smallest absolute Gasteiger partial charge is 0.264 e. The highest BCUT2D eigenvalue weighted by Gasteiger charge is 2.21. The Balaban J connectivity index is 1.83. The largest absolute Gasteiger partial charge is 0.467 e. The van der Waals surface area contributed by atoms with Gasteiger partial charge in [0, 0.05) is 6.20 Å². The minimum Gasteiger partial charge on any atom is -0.467 e. The number of furan rings is 1. The van der Waals surface area contributed by atoms with E-state index in [1.54, 1.807) is 24.3 Å². The number of anilines is 1. The molecule has 0 saturated carbocycles. The van der Waals surface area contributed by atoms with Crippen LogP contribution in [0.1, 0.15) is 16.1 Å². The van der Waals surface area contributed by atoms with Crippen molar-refractivity contribution in [3.8, 4) is 0 Å². The average Bonchev–Trinajstić information content (AvgIpc) is 3.13. The van der Waals surface area contributed by atoms with E-state index in [1.807, 2.05) is 0 Å². The van der Waals surface area contributed by atoms with E-state index < -0.39 is 15.9 Å². The second kappa shape index (κ2) is 7.59. The van der Waals surface area contributed by atoms with Crippen molar-refractivity contribution >= 4 is 33.2 Å². The molecule has 9 heteroatoms. The molecule has 0 fully saturated rings. The quantitative estimate of drug-likeness (QED) is 0.629. The number of rotatable bonds is 6. The van der Waals surface area contributed by atoms with E-state index in [1.165, 1.54) is 36.7 Å². The number of sulfonamides is 1. The van der Waals surface area contributed by atoms with Crippen LogP contribution in [0, 0.1) is 0 Å². The molecule has 26 heavy (non-hydrogen) atoms. The summed E-state index contributed by atoms with van der Waals surface area (Å²) >= 11 is 5.86. The van der Waals surface area contributed by atoms with Crippen LogP contribution in [0.4, 0.5) is 5.69 Å². The predicted octanol–water partition coefficient (Wildman–Crippen LogP) is 3.06. The van der Waals surface area contributed by atoms with Crippen LogP contribution in [0.15, 0.2) is 70.3 Å².